The molecular weight excluding hydrogens is 364 g/mol. The average molecular weight is 397 g/mol. The van der Waals surface area contributed by atoms with Gasteiger partial charge in [0.25, 0.3) is 0 Å². The van der Waals surface area contributed by atoms with Crippen LogP contribution >= 0.6 is 0 Å². The highest BCUT2D eigenvalue weighted by molar-refractivity contribution is 5.82. The van der Waals surface area contributed by atoms with Crippen LogP contribution < -0.4 is 4.90 Å². The molecule has 0 unspecified atom stereocenters. The molecule has 1 aromatic carbocycles. The minimum atomic E-state index is 0.510. The van der Waals surface area contributed by atoms with Crippen LogP contribution in [0.4, 0.5) is 5.82 Å². The van der Waals surface area contributed by atoms with Gasteiger partial charge in [0.1, 0.15) is 5.82 Å². The van der Waals surface area contributed by atoms with E-state index >= 15 is 0 Å². The molecule has 0 saturated carbocycles. The van der Waals surface area contributed by atoms with Gasteiger partial charge in [0.15, 0.2) is 0 Å². The van der Waals surface area contributed by atoms with Crippen molar-refractivity contribution in [3.63, 3.8) is 0 Å². The quantitative estimate of drug-likeness (QED) is 0.793. The number of nitrogens with zero attached hydrogens (tertiary/aromatic N) is 4. The Morgan fingerprint density at radius 3 is 2.76 bits per heavy atom. The second-order valence-electron chi connectivity index (χ2n) is 8.78. The summed E-state index contributed by atoms with van der Waals surface area (Å²) in [6, 6.07) is 9.99. The van der Waals surface area contributed by atoms with Gasteiger partial charge in [-0.3, -0.25) is 9.80 Å². The smallest absolute Gasteiger partial charge is 0.133 e. The van der Waals surface area contributed by atoms with Gasteiger partial charge >= 0.3 is 0 Å². The van der Waals surface area contributed by atoms with Crippen LogP contribution in [0.25, 0.3) is 10.9 Å². The third kappa shape index (κ3) is 3.99. The molecule has 0 N–H and O–H groups in total. The minimum absolute atomic E-state index is 0.510. The van der Waals surface area contributed by atoms with E-state index in [4.69, 9.17) is 14.5 Å². The highest BCUT2D eigenvalue weighted by atomic mass is 16.5. The SMILES string of the molecule is Cc1ccc2cc(CN3CCN4[C@@H](COC[C@@H]4C)C3)c(N3CCOCC3)nc2c1. The summed E-state index contributed by atoms with van der Waals surface area (Å²) in [6.45, 7) is 13.8. The Morgan fingerprint density at radius 2 is 1.90 bits per heavy atom. The number of benzene rings is 1. The number of anilines is 1. The lowest BCUT2D eigenvalue weighted by Crippen LogP contribution is -2.60. The third-order valence-corrected chi connectivity index (χ3v) is 6.58. The maximum atomic E-state index is 5.83. The van der Waals surface area contributed by atoms with Gasteiger partial charge in [-0.05, 0) is 31.5 Å². The first-order chi connectivity index (χ1) is 14.2. The number of hydrogen-bond donors (Lipinski definition) is 0. The molecule has 29 heavy (non-hydrogen) atoms. The number of fused-ring (bicyclic) bond motifs is 2. The van der Waals surface area contributed by atoms with E-state index in [0.29, 0.717) is 12.1 Å². The summed E-state index contributed by atoms with van der Waals surface area (Å²) in [5, 5.41) is 1.23. The van der Waals surface area contributed by atoms with Gasteiger partial charge in [0.2, 0.25) is 0 Å². The van der Waals surface area contributed by atoms with Crippen LogP contribution in [-0.2, 0) is 16.0 Å². The first-order valence-corrected chi connectivity index (χ1v) is 11.0. The monoisotopic (exact) mass is 396 g/mol. The Labute approximate surface area is 173 Å². The van der Waals surface area contributed by atoms with Crippen LogP contribution in [0.1, 0.15) is 18.1 Å². The molecule has 3 aliphatic heterocycles. The van der Waals surface area contributed by atoms with Crippen molar-refractivity contribution in [2.24, 2.45) is 0 Å². The van der Waals surface area contributed by atoms with E-state index in [-0.39, 0.29) is 0 Å². The normalized spacial score (nSPS) is 26.6. The molecular formula is C23H32N4O2. The molecule has 6 heteroatoms. The minimum Gasteiger partial charge on any atom is -0.378 e. The van der Waals surface area contributed by atoms with Crippen molar-refractivity contribution in [1.29, 1.82) is 0 Å². The Morgan fingerprint density at radius 1 is 1.03 bits per heavy atom. The molecule has 2 atom stereocenters. The van der Waals surface area contributed by atoms with Crippen molar-refractivity contribution in [1.82, 2.24) is 14.8 Å². The standard InChI is InChI=1S/C23H32N4O2/c1-17-3-4-19-12-20(23(24-22(19)11-17)26-7-9-28-10-8-26)13-25-5-6-27-18(2)15-29-16-21(27)14-25/h3-4,11-12,18,21H,5-10,13-16H2,1-2H3/t18-,21+/m0/s1. The van der Waals surface area contributed by atoms with Crippen LogP contribution in [0.15, 0.2) is 24.3 Å². The van der Waals surface area contributed by atoms with E-state index in [1.54, 1.807) is 0 Å². The van der Waals surface area contributed by atoms with Gasteiger partial charge in [0, 0.05) is 62.3 Å². The summed E-state index contributed by atoms with van der Waals surface area (Å²) in [7, 11) is 0. The predicted molar refractivity (Wildman–Crippen MR) is 116 cm³/mol. The largest absolute Gasteiger partial charge is 0.378 e. The van der Waals surface area contributed by atoms with Gasteiger partial charge in [0.05, 0.1) is 31.9 Å². The second-order valence-corrected chi connectivity index (χ2v) is 8.78. The van der Waals surface area contributed by atoms with Crippen LogP contribution in [-0.4, -0.2) is 86.0 Å². The number of aromatic nitrogens is 1. The number of hydrogen-bond acceptors (Lipinski definition) is 6. The summed E-state index contributed by atoms with van der Waals surface area (Å²) in [5.41, 5.74) is 3.68. The number of ether oxygens (including phenoxy) is 2. The maximum absolute atomic E-state index is 5.83. The molecule has 0 spiro atoms. The van der Waals surface area contributed by atoms with Crippen molar-refractivity contribution in [2.75, 3.05) is 64.1 Å². The molecule has 4 heterocycles. The van der Waals surface area contributed by atoms with E-state index in [2.05, 4.69) is 52.8 Å². The molecule has 0 amide bonds. The molecule has 6 nitrogen and oxygen atoms in total. The van der Waals surface area contributed by atoms with Crippen LogP contribution in [0.3, 0.4) is 0 Å². The van der Waals surface area contributed by atoms with Crippen molar-refractivity contribution < 1.29 is 9.47 Å². The van der Waals surface area contributed by atoms with E-state index in [0.717, 1.165) is 77.0 Å². The molecule has 3 saturated heterocycles. The molecule has 1 aromatic heterocycles. The molecule has 156 valence electrons. The fraction of sp³-hybridized carbons (Fsp3) is 0.609. The lowest BCUT2D eigenvalue weighted by Gasteiger charge is -2.47. The molecule has 3 aliphatic rings. The summed E-state index contributed by atoms with van der Waals surface area (Å²) in [6.07, 6.45) is 0. The zero-order chi connectivity index (χ0) is 19.8. The van der Waals surface area contributed by atoms with E-state index in [1.165, 1.54) is 16.5 Å². The van der Waals surface area contributed by atoms with Crippen LogP contribution in [0.5, 0.6) is 0 Å². The molecule has 2 aromatic rings. The fourth-order valence-electron chi connectivity index (χ4n) is 4.99. The lowest BCUT2D eigenvalue weighted by atomic mass is 10.1. The zero-order valence-corrected chi connectivity index (χ0v) is 17.6. The number of morpholine rings is 2. The Balaban J connectivity index is 1.42. The highest BCUT2D eigenvalue weighted by Crippen LogP contribution is 2.28. The average Bonchev–Trinajstić information content (AvgIpc) is 2.74. The predicted octanol–water partition coefficient (Wildman–Crippen LogP) is 2.28. The third-order valence-electron chi connectivity index (χ3n) is 6.58. The van der Waals surface area contributed by atoms with Gasteiger partial charge in [-0.15, -0.1) is 0 Å². The lowest BCUT2D eigenvalue weighted by molar-refractivity contribution is -0.0765. The second kappa shape index (κ2) is 8.19. The maximum Gasteiger partial charge on any atom is 0.133 e. The first kappa shape index (κ1) is 19.2. The molecule has 0 radical (unpaired) electrons. The van der Waals surface area contributed by atoms with Gasteiger partial charge in [-0.2, -0.15) is 0 Å². The number of aryl methyl sites for hydroxylation is 1. The summed E-state index contributed by atoms with van der Waals surface area (Å²) < 4.78 is 11.4. The number of pyridine rings is 1. The Hall–Kier alpha value is -1.73. The summed E-state index contributed by atoms with van der Waals surface area (Å²) >= 11 is 0. The number of rotatable bonds is 3. The van der Waals surface area contributed by atoms with E-state index in [9.17, 15) is 0 Å². The summed E-state index contributed by atoms with van der Waals surface area (Å²) in [5.74, 6) is 1.14. The molecule has 5 rings (SSSR count). The van der Waals surface area contributed by atoms with Crippen LogP contribution in [0.2, 0.25) is 0 Å². The van der Waals surface area contributed by atoms with Gasteiger partial charge < -0.3 is 14.4 Å². The topological polar surface area (TPSA) is 41.1 Å². The highest BCUT2D eigenvalue weighted by Gasteiger charge is 2.34. The Kier molecular flexibility index (Phi) is 5.43. The molecule has 0 aliphatic carbocycles. The van der Waals surface area contributed by atoms with Gasteiger partial charge in [-0.1, -0.05) is 12.1 Å². The van der Waals surface area contributed by atoms with E-state index < -0.39 is 0 Å². The van der Waals surface area contributed by atoms with Crippen molar-refractivity contribution >= 4 is 16.7 Å². The van der Waals surface area contributed by atoms with E-state index in [1.807, 2.05) is 0 Å². The number of piperazine rings is 1. The Bertz CT molecular complexity index is 867. The molecule has 0 bridgehead atoms. The van der Waals surface area contributed by atoms with Crippen molar-refractivity contribution in [2.45, 2.75) is 32.5 Å². The van der Waals surface area contributed by atoms with Crippen LogP contribution in [0, 0.1) is 6.92 Å². The fourth-order valence-corrected chi connectivity index (χ4v) is 4.99. The molecule has 3 fully saturated rings. The van der Waals surface area contributed by atoms with Crippen molar-refractivity contribution in [3.8, 4) is 0 Å². The summed E-state index contributed by atoms with van der Waals surface area (Å²) in [4.78, 5) is 12.7. The van der Waals surface area contributed by atoms with Crippen molar-refractivity contribution in [3.05, 3.63) is 35.4 Å². The zero-order valence-electron chi connectivity index (χ0n) is 17.6. The van der Waals surface area contributed by atoms with Gasteiger partial charge in [-0.25, -0.2) is 4.98 Å². The first-order valence-electron chi connectivity index (χ1n) is 11.0.